The van der Waals surface area contributed by atoms with E-state index in [0.717, 1.165) is 6.07 Å². The Labute approximate surface area is 157 Å². The van der Waals surface area contributed by atoms with Gasteiger partial charge in [0, 0.05) is 17.1 Å². The summed E-state index contributed by atoms with van der Waals surface area (Å²) in [4.78, 5) is 12.3. The highest BCUT2D eigenvalue weighted by molar-refractivity contribution is 7.89. The lowest BCUT2D eigenvalue weighted by Crippen LogP contribution is -2.41. The Morgan fingerprint density at radius 1 is 1.15 bits per heavy atom. The molecule has 0 aromatic heterocycles. The maximum absolute atomic E-state index is 13.8. The number of sulfonamides is 1. The summed E-state index contributed by atoms with van der Waals surface area (Å²) in [7, 11) is -3.77. The summed E-state index contributed by atoms with van der Waals surface area (Å²) in [6, 6.07) is 9.96. The molecular weight excluding hydrogens is 379 g/mol. The molecule has 2 aromatic rings. The highest BCUT2D eigenvalue weighted by Gasteiger charge is 2.24. The van der Waals surface area contributed by atoms with Crippen LogP contribution in [0.3, 0.4) is 0 Å². The van der Waals surface area contributed by atoms with Crippen LogP contribution in [0.4, 0.5) is 4.39 Å². The third-order valence-corrected chi connectivity index (χ3v) is 5.41. The van der Waals surface area contributed by atoms with Crippen LogP contribution in [-0.2, 0) is 16.6 Å². The highest BCUT2D eigenvalue weighted by atomic mass is 35.5. The topological polar surface area (TPSA) is 75.3 Å². The van der Waals surface area contributed by atoms with Crippen molar-refractivity contribution in [2.45, 2.75) is 37.8 Å². The van der Waals surface area contributed by atoms with Gasteiger partial charge in [0.15, 0.2) is 0 Å². The summed E-state index contributed by atoms with van der Waals surface area (Å²) >= 11 is 5.79. The van der Waals surface area contributed by atoms with Gasteiger partial charge in [-0.1, -0.05) is 29.8 Å². The van der Waals surface area contributed by atoms with Crippen LogP contribution < -0.4 is 10.0 Å². The van der Waals surface area contributed by atoms with Crippen LogP contribution in [0, 0.1) is 5.82 Å². The Morgan fingerprint density at radius 3 is 2.46 bits per heavy atom. The molecular formula is C18H20ClFN2O3S. The third kappa shape index (κ3) is 5.27. The second kappa shape index (κ2) is 7.73. The number of halogens is 2. The summed E-state index contributed by atoms with van der Waals surface area (Å²) in [6.07, 6.45) is 0. The van der Waals surface area contributed by atoms with Crippen LogP contribution in [0.15, 0.2) is 47.4 Å². The van der Waals surface area contributed by atoms with Crippen molar-refractivity contribution in [2.75, 3.05) is 0 Å². The van der Waals surface area contributed by atoms with Crippen molar-refractivity contribution in [2.24, 2.45) is 0 Å². The van der Waals surface area contributed by atoms with Crippen LogP contribution in [0.25, 0.3) is 0 Å². The molecule has 140 valence electrons. The molecule has 2 rings (SSSR count). The van der Waals surface area contributed by atoms with Crippen molar-refractivity contribution in [3.63, 3.8) is 0 Å². The normalized spacial score (nSPS) is 12.0. The van der Waals surface area contributed by atoms with Gasteiger partial charge in [-0.3, -0.25) is 4.79 Å². The summed E-state index contributed by atoms with van der Waals surface area (Å²) in [5.74, 6) is -1.39. The number of carbonyl (C=O) groups is 1. The van der Waals surface area contributed by atoms with Crippen LogP contribution in [-0.4, -0.2) is 19.9 Å². The van der Waals surface area contributed by atoms with E-state index in [1.54, 1.807) is 39.0 Å². The molecule has 0 saturated heterocycles. The molecule has 0 spiro atoms. The lowest BCUT2D eigenvalue weighted by atomic mass is 10.1. The van der Waals surface area contributed by atoms with Gasteiger partial charge >= 0.3 is 0 Å². The molecule has 0 radical (unpaired) electrons. The first kappa shape index (κ1) is 20.4. The minimum atomic E-state index is -3.77. The average Bonchev–Trinajstić information content (AvgIpc) is 2.53. The Balaban J connectivity index is 2.24. The second-order valence-electron chi connectivity index (χ2n) is 6.77. The zero-order valence-electron chi connectivity index (χ0n) is 14.6. The Morgan fingerprint density at radius 2 is 1.81 bits per heavy atom. The Hall–Kier alpha value is -1.96. The number of nitrogens with one attached hydrogen (secondary N) is 2. The van der Waals surface area contributed by atoms with E-state index in [1.807, 2.05) is 0 Å². The molecule has 1 amide bonds. The largest absolute Gasteiger partial charge is 0.348 e. The lowest BCUT2D eigenvalue weighted by molar-refractivity contribution is 0.0946. The van der Waals surface area contributed by atoms with E-state index in [2.05, 4.69) is 10.0 Å². The molecule has 0 unspecified atom stereocenters. The zero-order chi connectivity index (χ0) is 19.5. The minimum Gasteiger partial charge on any atom is -0.348 e. The van der Waals surface area contributed by atoms with Crippen molar-refractivity contribution in [3.05, 3.63) is 64.4 Å². The van der Waals surface area contributed by atoms with E-state index >= 15 is 0 Å². The first-order chi connectivity index (χ1) is 12.0. The predicted molar refractivity (Wildman–Crippen MR) is 99.1 cm³/mol. The van der Waals surface area contributed by atoms with Crippen LogP contribution in [0.2, 0.25) is 5.02 Å². The van der Waals surface area contributed by atoms with Gasteiger partial charge in [-0.15, -0.1) is 0 Å². The average molecular weight is 399 g/mol. The number of benzene rings is 2. The van der Waals surface area contributed by atoms with E-state index in [4.69, 9.17) is 11.6 Å². The standard InChI is InChI=1S/C18H20ClFN2O3S/c1-18(2,3)22-26(24,25)16-7-5-4-6-12(16)11-21-17(23)14-10-13(19)8-9-15(14)20/h4-10,22H,11H2,1-3H3,(H,21,23). The minimum absolute atomic E-state index is 0.0572. The van der Waals surface area contributed by atoms with Crippen LogP contribution in [0.5, 0.6) is 0 Å². The molecule has 0 saturated carbocycles. The van der Waals surface area contributed by atoms with Gasteiger partial charge in [0.2, 0.25) is 10.0 Å². The van der Waals surface area contributed by atoms with Gasteiger partial charge in [-0.2, -0.15) is 0 Å². The maximum Gasteiger partial charge on any atom is 0.254 e. The van der Waals surface area contributed by atoms with Gasteiger partial charge in [-0.05, 0) is 50.6 Å². The van der Waals surface area contributed by atoms with Gasteiger partial charge in [0.1, 0.15) is 5.82 Å². The number of hydrogen-bond acceptors (Lipinski definition) is 3. The van der Waals surface area contributed by atoms with Crippen LogP contribution >= 0.6 is 11.6 Å². The molecule has 2 aromatic carbocycles. The molecule has 0 bridgehead atoms. The molecule has 8 heteroatoms. The molecule has 2 N–H and O–H groups in total. The number of carbonyl (C=O) groups excluding carboxylic acids is 1. The van der Waals surface area contributed by atoms with Gasteiger partial charge in [0.05, 0.1) is 10.5 Å². The fraction of sp³-hybridized carbons (Fsp3) is 0.278. The molecule has 0 atom stereocenters. The number of rotatable bonds is 5. The van der Waals surface area contributed by atoms with Gasteiger partial charge in [0.25, 0.3) is 5.91 Å². The molecule has 0 aliphatic rings. The maximum atomic E-state index is 13.8. The molecule has 0 aliphatic carbocycles. The lowest BCUT2D eigenvalue weighted by Gasteiger charge is -2.21. The first-order valence-electron chi connectivity index (χ1n) is 7.85. The highest BCUT2D eigenvalue weighted by Crippen LogP contribution is 2.19. The number of hydrogen-bond donors (Lipinski definition) is 2. The summed E-state index contributed by atoms with van der Waals surface area (Å²) in [5.41, 5.74) is -0.468. The Bertz CT molecular complexity index is 924. The van der Waals surface area contributed by atoms with Crippen molar-refractivity contribution in [3.8, 4) is 0 Å². The quantitative estimate of drug-likeness (QED) is 0.809. The monoisotopic (exact) mass is 398 g/mol. The van der Waals surface area contributed by atoms with Crippen molar-refractivity contribution in [1.29, 1.82) is 0 Å². The summed E-state index contributed by atoms with van der Waals surface area (Å²) in [5, 5.41) is 2.76. The van der Waals surface area contributed by atoms with Crippen molar-refractivity contribution < 1.29 is 17.6 Å². The van der Waals surface area contributed by atoms with E-state index in [9.17, 15) is 17.6 Å². The Kier molecular flexibility index (Phi) is 6.05. The second-order valence-corrected chi connectivity index (χ2v) is 8.86. The molecule has 0 heterocycles. The van der Waals surface area contributed by atoms with E-state index in [0.29, 0.717) is 5.56 Å². The third-order valence-electron chi connectivity index (χ3n) is 3.32. The smallest absolute Gasteiger partial charge is 0.254 e. The zero-order valence-corrected chi connectivity index (χ0v) is 16.2. The predicted octanol–water partition coefficient (Wildman–Crippen LogP) is 3.49. The van der Waals surface area contributed by atoms with Gasteiger partial charge < -0.3 is 5.32 Å². The molecule has 0 aliphatic heterocycles. The van der Waals surface area contributed by atoms with Crippen molar-refractivity contribution >= 4 is 27.5 Å². The van der Waals surface area contributed by atoms with E-state index < -0.39 is 27.3 Å². The molecule has 0 fully saturated rings. The SMILES string of the molecule is CC(C)(C)NS(=O)(=O)c1ccccc1CNC(=O)c1cc(Cl)ccc1F. The fourth-order valence-corrected chi connectivity index (χ4v) is 4.14. The molecule has 26 heavy (non-hydrogen) atoms. The van der Waals surface area contributed by atoms with E-state index in [-0.39, 0.29) is 22.0 Å². The summed E-state index contributed by atoms with van der Waals surface area (Å²) in [6.45, 7) is 5.12. The van der Waals surface area contributed by atoms with E-state index in [1.165, 1.54) is 18.2 Å². The van der Waals surface area contributed by atoms with Crippen molar-refractivity contribution in [1.82, 2.24) is 10.0 Å². The molecule has 5 nitrogen and oxygen atoms in total. The van der Waals surface area contributed by atoms with Gasteiger partial charge in [-0.25, -0.2) is 17.5 Å². The van der Waals surface area contributed by atoms with Crippen LogP contribution in [0.1, 0.15) is 36.7 Å². The fourth-order valence-electron chi connectivity index (χ4n) is 2.31. The first-order valence-corrected chi connectivity index (χ1v) is 9.71. The summed E-state index contributed by atoms with van der Waals surface area (Å²) < 4.78 is 41.5. The number of amides is 1.